The number of imidazole rings is 1. The summed E-state index contributed by atoms with van der Waals surface area (Å²) < 4.78 is 60.4. The fourth-order valence-corrected chi connectivity index (χ4v) is 3.94. The van der Waals surface area contributed by atoms with E-state index >= 15 is 0 Å². The Labute approximate surface area is 207 Å². The second-order valence-corrected chi connectivity index (χ2v) is 8.65. The summed E-state index contributed by atoms with van der Waals surface area (Å²) in [5, 5.41) is 12.3. The molecule has 194 valence electrons. The number of hydrogen-bond donors (Lipinski definition) is 3. The molecule has 1 aliphatic rings. The van der Waals surface area contributed by atoms with Crippen molar-refractivity contribution >= 4 is 29.0 Å². The summed E-state index contributed by atoms with van der Waals surface area (Å²) >= 11 is 6.16. The number of fused-ring (bicyclic) bond motifs is 1. The first-order valence-corrected chi connectivity index (χ1v) is 11.3. The molecule has 1 aliphatic heterocycles. The van der Waals surface area contributed by atoms with Crippen LogP contribution in [0.1, 0.15) is 34.7 Å². The van der Waals surface area contributed by atoms with Gasteiger partial charge in [-0.2, -0.15) is 17.6 Å². The lowest BCUT2D eigenvalue weighted by Crippen LogP contribution is -3.12. The number of rotatable bonds is 5. The van der Waals surface area contributed by atoms with Crippen molar-refractivity contribution in [1.82, 2.24) is 10.3 Å². The van der Waals surface area contributed by atoms with Crippen LogP contribution in [0.2, 0.25) is 5.02 Å². The van der Waals surface area contributed by atoms with Crippen molar-refractivity contribution in [2.24, 2.45) is 0 Å². The Hall–Kier alpha value is -3.25. The first-order chi connectivity index (χ1) is 16.9. The first kappa shape index (κ1) is 27.3. The maximum absolute atomic E-state index is 13.4. The number of H-pyrrole nitrogens is 1. The number of alkyl halides is 5. The van der Waals surface area contributed by atoms with Gasteiger partial charge >= 0.3 is 12.0 Å². The fourth-order valence-electron chi connectivity index (χ4n) is 3.74. The molecule has 1 amide bonds. The van der Waals surface area contributed by atoms with Gasteiger partial charge in [-0.05, 0) is 23.8 Å². The van der Waals surface area contributed by atoms with Gasteiger partial charge < -0.3 is 20.1 Å². The molecule has 36 heavy (non-hydrogen) atoms. The normalized spacial score (nSPS) is 15.7. The number of quaternary nitrogens is 1. The number of aromatic nitrogens is 2. The monoisotopic (exact) mass is 533 g/mol. The maximum atomic E-state index is 13.4. The minimum Gasteiger partial charge on any atom is -0.542 e. The maximum Gasteiger partial charge on any atom is 0.430 e. The van der Waals surface area contributed by atoms with Crippen molar-refractivity contribution in [2.75, 3.05) is 13.1 Å². The molecule has 4 rings (SSSR count). The Bertz CT molecular complexity index is 1220. The molecule has 0 saturated carbocycles. The lowest BCUT2D eigenvalue weighted by molar-refractivity contribution is -0.927. The van der Waals surface area contributed by atoms with Crippen LogP contribution in [0.15, 0.2) is 48.7 Å². The van der Waals surface area contributed by atoms with Crippen molar-refractivity contribution in [3.63, 3.8) is 0 Å². The number of halogens is 6. The molecule has 0 unspecified atom stereocenters. The van der Waals surface area contributed by atoms with Gasteiger partial charge in [0.15, 0.2) is 12.1 Å². The van der Waals surface area contributed by atoms with Crippen molar-refractivity contribution < 1.29 is 45.9 Å². The van der Waals surface area contributed by atoms with Crippen LogP contribution in [0.3, 0.4) is 0 Å². The molecule has 0 atom stereocenters. The topological polar surface area (TPSA) is 93.6 Å². The van der Waals surface area contributed by atoms with E-state index in [1.807, 2.05) is 47.0 Å². The third-order valence-corrected chi connectivity index (χ3v) is 6.01. The highest BCUT2D eigenvalue weighted by Gasteiger charge is 2.38. The molecule has 7 nitrogen and oxygen atoms in total. The van der Waals surface area contributed by atoms with Crippen LogP contribution in [0, 0.1) is 0 Å². The van der Waals surface area contributed by atoms with Gasteiger partial charge in [0, 0.05) is 11.6 Å². The molecule has 3 heterocycles. The number of hydrogen-bond acceptors (Lipinski definition) is 3. The van der Waals surface area contributed by atoms with Crippen LogP contribution >= 0.6 is 11.6 Å². The predicted molar refractivity (Wildman–Crippen MR) is 116 cm³/mol. The number of aromatic amines is 1. The van der Waals surface area contributed by atoms with Crippen molar-refractivity contribution in [3.05, 3.63) is 70.8 Å². The number of carbonyl (C=O) groups excluding carboxylic acids is 2. The summed E-state index contributed by atoms with van der Waals surface area (Å²) in [4.78, 5) is 25.9. The number of benzene rings is 1. The van der Waals surface area contributed by atoms with E-state index in [0.717, 1.165) is 21.8 Å². The standard InChI is InChI=1S/C21H21ClF2N4O.C2HF3O2/c22-16-6-2-1-5-15(16)13-25-20(29)19-17-7-3-4-10-28(17)18(26-19)14-27-11-8-21(23,24)9-12-27;3-2(4,5)1(6)7/h1-7,10H,8-9,11-14H2,(H,25,29);(H,6,7)/p+1. The van der Waals surface area contributed by atoms with Crippen LogP contribution in [0.25, 0.3) is 5.52 Å². The Morgan fingerprint density at radius 3 is 2.33 bits per heavy atom. The van der Waals surface area contributed by atoms with Gasteiger partial charge in [0.25, 0.3) is 11.8 Å². The van der Waals surface area contributed by atoms with Crippen molar-refractivity contribution in [3.8, 4) is 0 Å². The van der Waals surface area contributed by atoms with Gasteiger partial charge in [0.1, 0.15) is 5.97 Å². The van der Waals surface area contributed by atoms with E-state index in [4.69, 9.17) is 21.5 Å². The molecule has 1 aromatic carbocycles. The molecule has 3 N–H and O–H groups in total. The van der Waals surface area contributed by atoms with Gasteiger partial charge in [-0.1, -0.05) is 35.9 Å². The summed E-state index contributed by atoms with van der Waals surface area (Å²) in [5.41, 5.74) is 2.04. The zero-order chi connectivity index (χ0) is 26.5. The van der Waals surface area contributed by atoms with Gasteiger partial charge in [-0.25, -0.2) is 13.8 Å². The number of pyridine rings is 1. The Kier molecular flexibility index (Phi) is 8.51. The number of carbonyl (C=O) groups is 2. The Morgan fingerprint density at radius 1 is 1.11 bits per heavy atom. The Morgan fingerprint density at radius 2 is 1.72 bits per heavy atom. The molecule has 3 aromatic rings. The lowest BCUT2D eigenvalue weighted by atomic mass is 10.1. The van der Waals surface area contributed by atoms with E-state index < -0.39 is 18.1 Å². The number of aliphatic carboxylic acids is 1. The zero-order valence-electron chi connectivity index (χ0n) is 18.8. The van der Waals surface area contributed by atoms with E-state index in [1.54, 1.807) is 6.07 Å². The van der Waals surface area contributed by atoms with E-state index in [0.29, 0.717) is 36.9 Å². The van der Waals surface area contributed by atoms with Gasteiger partial charge in [0.05, 0.1) is 32.1 Å². The number of carboxylic acid groups (broad SMARTS) is 1. The number of amides is 1. The molecular formula is C23H23ClF5N4O3+. The SMILES string of the molecule is O=C(NCc1ccccc1Cl)c1[nH]c(C[NH+]2CCC(F)(F)CC2)[n+]2ccccc12.O=C([O-])C(F)(F)F. The predicted octanol–water partition coefficient (Wildman–Crippen LogP) is 1.45. The summed E-state index contributed by atoms with van der Waals surface area (Å²) in [6.07, 6.45) is -3.52. The van der Waals surface area contributed by atoms with Crippen LogP contribution in [-0.4, -0.2) is 42.0 Å². The van der Waals surface area contributed by atoms with Gasteiger partial charge in [-0.3, -0.25) is 4.79 Å². The second kappa shape index (κ2) is 11.2. The highest BCUT2D eigenvalue weighted by molar-refractivity contribution is 6.31. The average molecular weight is 534 g/mol. The van der Waals surface area contributed by atoms with E-state index in [-0.39, 0.29) is 18.7 Å². The number of carboxylic acids is 1. The van der Waals surface area contributed by atoms with Crippen molar-refractivity contribution in [2.45, 2.75) is 38.0 Å². The lowest BCUT2D eigenvalue weighted by Gasteiger charge is -2.27. The number of piperidine rings is 1. The number of likely N-dealkylation sites (tertiary alicyclic amines) is 1. The molecular weight excluding hydrogens is 511 g/mol. The van der Waals surface area contributed by atoms with Crippen LogP contribution < -0.4 is 19.7 Å². The molecule has 0 bridgehead atoms. The van der Waals surface area contributed by atoms with Crippen LogP contribution in [0.5, 0.6) is 0 Å². The molecule has 1 saturated heterocycles. The molecule has 0 aliphatic carbocycles. The smallest absolute Gasteiger partial charge is 0.430 e. The molecule has 2 aromatic heterocycles. The van der Waals surface area contributed by atoms with Crippen molar-refractivity contribution in [1.29, 1.82) is 0 Å². The fraction of sp³-hybridized carbons (Fsp3) is 0.348. The summed E-state index contributed by atoms with van der Waals surface area (Å²) in [7, 11) is 0. The quantitative estimate of drug-likeness (QED) is 0.342. The second-order valence-electron chi connectivity index (χ2n) is 8.24. The summed E-state index contributed by atoms with van der Waals surface area (Å²) in [6.45, 7) is 1.70. The minimum atomic E-state index is -5.19. The van der Waals surface area contributed by atoms with Gasteiger partial charge in [0.2, 0.25) is 5.69 Å². The van der Waals surface area contributed by atoms with Crippen LogP contribution in [-0.2, 0) is 17.9 Å². The molecule has 0 spiro atoms. The molecule has 1 fully saturated rings. The van der Waals surface area contributed by atoms with E-state index in [1.165, 1.54) is 0 Å². The van der Waals surface area contributed by atoms with E-state index in [2.05, 4.69) is 10.3 Å². The highest BCUT2D eigenvalue weighted by atomic mass is 35.5. The van der Waals surface area contributed by atoms with Gasteiger partial charge in [-0.15, -0.1) is 0 Å². The Balaban J connectivity index is 0.000000454. The zero-order valence-corrected chi connectivity index (χ0v) is 19.6. The summed E-state index contributed by atoms with van der Waals surface area (Å²) in [6, 6.07) is 13.0. The number of nitrogens with zero attached hydrogens (tertiary/aromatic N) is 1. The average Bonchev–Trinajstić information content (AvgIpc) is 3.18. The van der Waals surface area contributed by atoms with E-state index in [9.17, 15) is 26.7 Å². The number of nitrogens with one attached hydrogen (secondary N) is 3. The van der Waals surface area contributed by atoms with Crippen LogP contribution in [0.4, 0.5) is 22.0 Å². The molecule has 13 heteroatoms. The third kappa shape index (κ3) is 7.14. The third-order valence-electron chi connectivity index (χ3n) is 5.64. The first-order valence-electron chi connectivity index (χ1n) is 10.9. The summed E-state index contributed by atoms with van der Waals surface area (Å²) in [5.74, 6) is -4.98. The largest absolute Gasteiger partial charge is 0.542 e. The molecule has 0 radical (unpaired) electrons. The minimum absolute atomic E-state index is 0.100. The highest BCUT2D eigenvalue weighted by Crippen LogP contribution is 2.22.